The average molecular weight is 281 g/mol. The summed E-state index contributed by atoms with van der Waals surface area (Å²) in [4.78, 5) is 14.8. The Kier molecular flexibility index (Phi) is 6.50. The van der Waals surface area contributed by atoms with Crippen molar-refractivity contribution in [3.63, 3.8) is 0 Å². The molecule has 2 atom stereocenters. The van der Waals surface area contributed by atoms with Crippen LogP contribution in [-0.4, -0.2) is 43.0 Å². The molecule has 2 aliphatic rings. The second kappa shape index (κ2) is 8.14. The van der Waals surface area contributed by atoms with Crippen molar-refractivity contribution in [2.24, 2.45) is 5.92 Å². The molecule has 2 bridgehead atoms. The van der Waals surface area contributed by atoms with Crippen molar-refractivity contribution >= 4 is 5.78 Å². The van der Waals surface area contributed by atoms with E-state index in [1.54, 1.807) is 0 Å². The van der Waals surface area contributed by atoms with Crippen LogP contribution >= 0.6 is 0 Å². The van der Waals surface area contributed by atoms with Crippen LogP contribution in [0.15, 0.2) is 0 Å². The summed E-state index contributed by atoms with van der Waals surface area (Å²) in [5.74, 6) is 0.825. The van der Waals surface area contributed by atoms with Crippen LogP contribution in [-0.2, 0) is 9.53 Å². The summed E-state index contributed by atoms with van der Waals surface area (Å²) < 4.78 is 5.62. The third-order valence-corrected chi connectivity index (χ3v) is 5.12. The Morgan fingerprint density at radius 1 is 1.05 bits per heavy atom. The second-order valence-corrected chi connectivity index (χ2v) is 6.66. The van der Waals surface area contributed by atoms with Gasteiger partial charge >= 0.3 is 0 Å². The lowest BCUT2D eigenvalue weighted by Crippen LogP contribution is -2.55. The van der Waals surface area contributed by atoms with Crippen LogP contribution in [0.25, 0.3) is 0 Å². The first kappa shape index (κ1) is 16.0. The van der Waals surface area contributed by atoms with Gasteiger partial charge < -0.3 is 4.74 Å². The number of Topliss-reactive ketones (excluding diaryl/α,β-unsaturated/α-hetero) is 1. The van der Waals surface area contributed by atoms with Gasteiger partial charge in [0.2, 0.25) is 0 Å². The van der Waals surface area contributed by atoms with E-state index >= 15 is 0 Å². The zero-order valence-electron chi connectivity index (χ0n) is 13.3. The number of likely N-dealkylation sites (N-methyl/N-ethyl adjacent to an activating group) is 1. The molecule has 116 valence electrons. The first-order chi connectivity index (χ1) is 9.72. The second-order valence-electron chi connectivity index (χ2n) is 6.66. The number of nitrogens with zero attached hydrogens (tertiary/aromatic N) is 1. The van der Waals surface area contributed by atoms with Crippen LogP contribution in [0.2, 0.25) is 0 Å². The fraction of sp³-hybridized carbons (Fsp3) is 0.941. The molecule has 2 saturated heterocycles. The molecule has 0 N–H and O–H groups in total. The lowest BCUT2D eigenvalue weighted by molar-refractivity contribution is -0.131. The van der Waals surface area contributed by atoms with Gasteiger partial charge in [-0.3, -0.25) is 9.69 Å². The Labute approximate surface area is 124 Å². The molecular weight excluding hydrogens is 250 g/mol. The van der Waals surface area contributed by atoms with E-state index in [1.165, 1.54) is 32.1 Å². The predicted octanol–water partition coefficient (Wildman–Crippen LogP) is 3.42. The van der Waals surface area contributed by atoms with Gasteiger partial charge in [-0.25, -0.2) is 0 Å². The van der Waals surface area contributed by atoms with Gasteiger partial charge in [0.25, 0.3) is 0 Å². The predicted molar refractivity (Wildman–Crippen MR) is 81.9 cm³/mol. The van der Waals surface area contributed by atoms with E-state index in [0.29, 0.717) is 23.8 Å². The zero-order valence-corrected chi connectivity index (χ0v) is 13.3. The molecule has 2 rings (SSSR count). The molecule has 0 saturated carbocycles. The molecule has 2 unspecified atom stereocenters. The molecule has 2 aliphatic heterocycles. The van der Waals surface area contributed by atoms with Crippen LogP contribution in [0.4, 0.5) is 0 Å². The van der Waals surface area contributed by atoms with Gasteiger partial charge in [0.1, 0.15) is 5.78 Å². The number of piperidine rings is 1. The van der Waals surface area contributed by atoms with Crippen molar-refractivity contribution in [2.75, 3.05) is 20.3 Å². The third-order valence-electron chi connectivity index (χ3n) is 5.12. The number of hydrogen-bond donors (Lipinski definition) is 0. The van der Waals surface area contributed by atoms with Crippen LogP contribution < -0.4 is 0 Å². The molecule has 0 spiro atoms. The van der Waals surface area contributed by atoms with Crippen molar-refractivity contribution < 1.29 is 9.53 Å². The molecule has 2 heterocycles. The third kappa shape index (κ3) is 4.29. The Morgan fingerprint density at radius 3 is 2.30 bits per heavy atom. The molecular formula is C17H31NO2. The van der Waals surface area contributed by atoms with Crippen LogP contribution in [0.1, 0.15) is 64.7 Å². The molecule has 2 fully saturated rings. The summed E-state index contributed by atoms with van der Waals surface area (Å²) in [7, 11) is 2.19. The lowest BCUT2D eigenvalue weighted by atomic mass is 9.81. The number of unbranched alkanes of at least 4 members (excludes halogenated alkanes) is 5. The Bertz CT molecular complexity index is 291. The minimum Gasteiger partial charge on any atom is -0.378 e. The largest absolute Gasteiger partial charge is 0.378 e. The minimum atomic E-state index is 0.306. The van der Waals surface area contributed by atoms with Gasteiger partial charge in [-0.15, -0.1) is 0 Å². The monoisotopic (exact) mass is 281 g/mol. The topological polar surface area (TPSA) is 29.5 Å². The normalized spacial score (nSPS) is 30.4. The smallest absolute Gasteiger partial charge is 0.136 e. The van der Waals surface area contributed by atoms with Crippen LogP contribution in [0.3, 0.4) is 0 Å². The molecule has 3 nitrogen and oxygen atoms in total. The molecule has 20 heavy (non-hydrogen) atoms. The summed E-state index contributed by atoms with van der Waals surface area (Å²) in [6.07, 6.45) is 10.4. The SMILES string of the molecule is CCCCCCCCC(=O)C1CC2COCC(C1)N2C. The maximum absolute atomic E-state index is 12.4. The molecule has 0 aliphatic carbocycles. The fourth-order valence-corrected chi connectivity index (χ4v) is 3.64. The standard InChI is InChI=1S/C17H31NO2/c1-3-4-5-6-7-8-9-17(19)14-10-15-12-20-13-16(11-14)18(15)2/h14-16H,3-13H2,1-2H3. The van der Waals surface area contributed by atoms with Gasteiger partial charge in [-0.1, -0.05) is 39.0 Å². The van der Waals surface area contributed by atoms with E-state index in [2.05, 4.69) is 18.9 Å². The fourth-order valence-electron chi connectivity index (χ4n) is 3.64. The highest BCUT2D eigenvalue weighted by atomic mass is 16.5. The van der Waals surface area contributed by atoms with Gasteiger partial charge in [0.05, 0.1) is 13.2 Å². The van der Waals surface area contributed by atoms with E-state index in [-0.39, 0.29) is 0 Å². The minimum absolute atomic E-state index is 0.306. The average Bonchev–Trinajstić information content (AvgIpc) is 2.42. The zero-order chi connectivity index (χ0) is 14.4. The van der Waals surface area contributed by atoms with E-state index < -0.39 is 0 Å². The summed E-state index contributed by atoms with van der Waals surface area (Å²) in [5, 5.41) is 0. The number of hydrogen-bond acceptors (Lipinski definition) is 3. The van der Waals surface area contributed by atoms with E-state index in [9.17, 15) is 4.79 Å². The number of ether oxygens (including phenoxy) is 1. The maximum atomic E-state index is 12.4. The molecule has 0 amide bonds. The molecule has 3 heteroatoms. The quantitative estimate of drug-likeness (QED) is 0.639. The summed E-state index contributed by atoms with van der Waals surface area (Å²) in [6.45, 7) is 3.87. The maximum Gasteiger partial charge on any atom is 0.136 e. The summed E-state index contributed by atoms with van der Waals surface area (Å²) in [6, 6.07) is 0.946. The van der Waals surface area contributed by atoms with Gasteiger partial charge in [0.15, 0.2) is 0 Å². The van der Waals surface area contributed by atoms with Crippen LogP contribution in [0, 0.1) is 5.92 Å². The van der Waals surface area contributed by atoms with Crippen LogP contribution in [0.5, 0.6) is 0 Å². The molecule has 0 aromatic rings. The molecule has 0 aromatic carbocycles. The lowest BCUT2D eigenvalue weighted by Gasteiger charge is -2.46. The highest BCUT2D eigenvalue weighted by molar-refractivity contribution is 5.81. The number of ketones is 1. The van der Waals surface area contributed by atoms with E-state index in [0.717, 1.165) is 38.9 Å². The summed E-state index contributed by atoms with van der Waals surface area (Å²) >= 11 is 0. The van der Waals surface area contributed by atoms with Crippen molar-refractivity contribution in [3.8, 4) is 0 Å². The Balaban J connectivity index is 1.66. The van der Waals surface area contributed by atoms with E-state index in [1.807, 2.05) is 0 Å². The van der Waals surface area contributed by atoms with Gasteiger partial charge in [-0.05, 0) is 26.3 Å². The van der Waals surface area contributed by atoms with Gasteiger partial charge in [-0.2, -0.15) is 0 Å². The van der Waals surface area contributed by atoms with Crippen molar-refractivity contribution in [1.29, 1.82) is 0 Å². The van der Waals surface area contributed by atoms with E-state index in [4.69, 9.17) is 4.74 Å². The Hall–Kier alpha value is -0.410. The number of carbonyl (C=O) groups is 1. The number of morpholine rings is 1. The highest BCUT2D eigenvalue weighted by Gasteiger charge is 2.38. The number of carbonyl (C=O) groups excluding carboxylic acids is 1. The van der Waals surface area contributed by atoms with Crippen molar-refractivity contribution in [3.05, 3.63) is 0 Å². The number of rotatable bonds is 8. The first-order valence-electron chi connectivity index (χ1n) is 8.54. The molecule has 0 aromatic heterocycles. The summed E-state index contributed by atoms with van der Waals surface area (Å²) in [5.41, 5.74) is 0. The van der Waals surface area contributed by atoms with Crippen molar-refractivity contribution in [1.82, 2.24) is 4.90 Å². The van der Waals surface area contributed by atoms with Gasteiger partial charge in [0, 0.05) is 24.4 Å². The van der Waals surface area contributed by atoms with Crippen molar-refractivity contribution in [2.45, 2.75) is 76.8 Å². The first-order valence-corrected chi connectivity index (χ1v) is 8.54. The molecule has 0 radical (unpaired) electrons. The highest BCUT2D eigenvalue weighted by Crippen LogP contribution is 2.31. The number of fused-ring (bicyclic) bond motifs is 2. The Morgan fingerprint density at radius 2 is 1.65 bits per heavy atom.